The highest BCUT2D eigenvalue weighted by Gasteiger charge is 2.26. The van der Waals surface area contributed by atoms with Crippen LogP contribution in [0.4, 0.5) is 0 Å². The zero-order valence-corrected chi connectivity index (χ0v) is 13.8. The van der Waals surface area contributed by atoms with Crippen LogP contribution < -0.4 is 5.32 Å². The minimum absolute atomic E-state index is 0.0752. The summed E-state index contributed by atoms with van der Waals surface area (Å²) in [6.45, 7) is 2.04. The van der Waals surface area contributed by atoms with Gasteiger partial charge in [-0.25, -0.2) is 4.98 Å². The monoisotopic (exact) mass is 326 g/mol. The van der Waals surface area contributed by atoms with Crippen molar-refractivity contribution in [3.05, 3.63) is 40.7 Å². The molecule has 1 aliphatic heterocycles. The molecule has 0 atom stereocenters. The molecule has 0 spiro atoms. The van der Waals surface area contributed by atoms with E-state index in [9.17, 15) is 4.79 Å². The Kier molecular flexibility index (Phi) is 3.69. The quantitative estimate of drug-likeness (QED) is 0.863. The number of nitrogens with one attached hydrogen (secondary N) is 1. The highest BCUT2D eigenvalue weighted by molar-refractivity contribution is 8.18. The lowest BCUT2D eigenvalue weighted by atomic mass is 10.3. The van der Waals surface area contributed by atoms with Crippen molar-refractivity contribution in [2.45, 2.75) is 38.6 Å². The van der Waals surface area contributed by atoms with Gasteiger partial charge in [-0.1, -0.05) is 12.8 Å². The number of rotatable bonds is 2. The molecular weight excluding hydrogens is 308 g/mol. The Hall–Kier alpha value is -2.08. The Labute approximate surface area is 138 Å². The first-order valence-electron chi connectivity index (χ1n) is 7.91. The summed E-state index contributed by atoms with van der Waals surface area (Å²) in [6, 6.07) is 4.43. The van der Waals surface area contributed by atoms with E-state index in [1.165, 1.54) is 30.2 Å². The number of carbonyl (C=O) groups is 1. The average Bonchev–Trinajstić information content (AvgIpc) is 3.23. The summed E-state index contributed by atoms with van der Waals surface area (Å²) in [6.07, 6.45) is 10.4. The fraction of sp³-hybridized carbons (Fsp3) is 0.353. The van der Waals surface area contributed by atoms with Gasteiger partial charge in [0.1, 0.15) is 5.65 Å². The van der Waals surface area contributed by atoms with Crippen LogP contribution in [0.1, 0.15) is 36.9 Å². The summed E-state index contributed by atoms with van der Waals surface area (Å²) < 4.78 is 1.99. The van der Waals surface area contributed by atoms with Crippen molar-refractivity contribution >= 4 is 34.6 Å². The molecule has 118 valence electrons. The number of nitrogens with zero attached hydrogens (tertiary/aromatic N) is 3. The van der Waals surface area contributed by atoms with Crippen LogP contribution >= 0.6 is 11.8 Å². The largest absolute Gasteiger partial charge is 0.301 e. The Bertz CT molecular complexity index is 830. The fourth-order valence-electron chi connectivity index (χ4n) is 3.03. The number of carbonyl (C=O) groups excluding carboxylic acids is 1. The molecule has 23 heavy (non-hydrogen) atoms. The third-order valence-electron chi connectivity index (χ3n) is 4.25. The molecule has 1 saturated carbocycles. The smallest absolute Gasteiger partial charge is 0.264 e. The van der Waals surface area contributed by atoms with Gasteiger partial charge in [-0.15, -0.1) is 0 Å². The zero-order chi connectivity index (χ0) is 15.8. The maximum atomic E-state index is 12.2. The molecule has 2 aromatic heterocycles. The number of pyridine rings is 1. The second kappa shape index (κ2) is 5.85. The lowest BCUT2D eigenvalue weighted by Gasteiger charge is -2.02. The Balaban J connectivity index is 1.61. The SMILES string of the molecule is Cc1ccn2c(/C=C3/SC(=NC4CCCC4)NC3=O)cnc2c1. The van der Waals surface area contributed by atoms with E-state index >= 15 is 0 Å². The lowest BCUT2D eigenvalue weighted by molar-refractivity contribution is -0.115. The summed E-state index contributed by atoms with van der Waals surface area (Å²) in [5, 5.41) is 3.61. The van der Waals surface area contributed by atoms with Gasteiger partial charge < -0.3 is 9.72 Å². The number of imidazole rings is 1. The van der Waals surface area contributed by atoms with Crippen LogP contribution in [0.3, 0.4) is 0 Å². The van der Waals surface area contributed by atoms with Gasteiger partial charge in [0.25, 0.3) is 5.91 Å². The molecule has 1 amide bonds. The highest BCUT2D eigenvalue weighted by atomic mass is 32.2. The predicted molar refractivity (Wildman–Crippen MR) is 93.3 cm³/mol. The first kappa shape index (κ1) is 14.5. The Morgan fingerprint density at radius 3 is 3.09 bits per heavy atom. The van der Waals surface area contributed by atoms with E-state index in [0.29, 0.717) is 10.9 Å². The second-order valence-electron chi connectivity index (χ2n) is 6.05. The molecular formula is C17H18N4OS. The van der Waals surface area contributed by atoms with Crippen molar-refractivity contribution in [3.63, 3.8) is 0 Å². The van der Waals surface area contributed by atoms with Crippen LogP contribution in [0.15, 0.2) is 34.4 Å². The van der Waals surface area contributed by atoms with Gasteiger partial charge in [0.05, 0.1) is 22.8 Å². The minimum Gasteiger partial charge on any atom is -0.301 e. The first-order valence-corrected chi connectivity index (χ1v) is 8.73. The number of aliphatic imine (C=N–C) groups is 1. The number of aromatic nitrogens is 2. The number of hydrogen-bond donors (Lipinski definition) is 1. The average molecular weight is 326 g/mol. The normalized spacial score (nSPS) is 22.6. The molecule has 5 nitrogen and oxygen atoms in total. The van der Waals surface area contributed by atoms with Gasteiger partial charge in [0.2, 0.25) is 0 Å². The summed E-state index contributed by atoms with van der Waals surface area (Å²) in [4.78, 5) is 21.9. The van der Waals surface area contributed by atoms with Gasteiger partial charge in [0.15, 0.2) is 5.17 Å². The van der Waals surface area contributed by atoms with Gasteiger partial charge in [0, 0.05) is 6.20 Å². The predicted octanol–water partition coefficient (Wildman–Crippen LogP) is 3.15. The minimum atomic E-state index is -0.0752. The zero-order valence-electron chi connectivity index (χ0n) is 13.0. The van der Waals surface area contributed by atoms with E-state index in [2.05, 4.69) is 15.3 Å². The second-order valence-corrected chi connectivity index (χ2v) is 7.08. The molecule has 1 aliphatic carbocycles. The summed E-state index contributed by atoms with van der Waals surface area (Å²) in [7, 11) is 0. The molecule has 2 aliphatic rings. The van der Waals surface area contributed by atoms with Crippen molar-refractivity contribution in [1.82, 2.24) is 14.7 Å². The van der Waals surface area contributed by atoms with Gasteiger partial charge in [-0.05, 0) is 55.3 Å². The Morgan fingerprint density at radius 2 is 2.26 bits per heavy atom. The molecule has 3 heterocycles. The van der Waals surface area contributed by atoms with E-state index < -0.39 is 0 Å². The number of amidine groups is 1. The van der Waals surface area contributed by atoms with Crippen molar-refractivity contribution in [2.75, 3.05) is 0 Å². The summed E-state index contributed by atoms with van der Waals surface area (Å²) in [5.74, 6) is -0.0752. The number of hydrogen-bond acceptors (Lipinski definition) is 4. The first-order chi connectivity index (χ1) is 11.2. The third-order valence-corrected chi connectivity index (χ3v) is 5.18. The molecule has 6 heteroatoms. The van der Waals surface area contributed by atoms with Crippen LogP contribution in [0.2, 0.25) is 0 Å². The maximum Gasteiger partial charge on any atom is 0.264 e. The summed E-state index contributed by atoms with van der Waals surface area (Å²) >= 11 is 1.42. The van der Waals surface area contributed by atoms with Gasteiger partial charge in [-0.3, -0.25) is 9.79 Å². The van der Waals surface area contributed by atoms with Crippen LogP contribution in [0, 0.1) is 6.92 Å². The summed E-state index contributed by atoms with van der Waals surface area (Å²) in [5.41, 5.74) is 2.96. The maximum absolute atomic E-state index is 12.2. The van der Waals surface area contributed by atoms with E-state index in [1.807, 2.05) is 35.7 Å². The number of amides is 1. The van der Waals surface area contributed by atoms with Crippen LogP contribution in [-0.2, 0) is 4.79 Å². The standard InChI is InChI=1S/C17H18N4OS/c1-11-6-7-21-13(10-18-15(21)8-11)9-14-16(22)20-17(23-14)19-12-4-2-3-5-12/h6-10,12H,2-5H2,1H3,(H,19,20,22)/b14-9+. The molecule has 0 aromatic carbocycles. The highest BCUT2D eigenvalue weighted by Crippen LogP contribution is 2.29. The number of aryl methyl sites for hydroxylation is 1. The molecule has 1 saturated heterocycles. The van der Waals surface area contributed by atoms with Gasteiger partial charge >= 0.3 is 0 Å². The number of thioether (sulfide) groups is 1. The fourth-order valence-corrected chi connectivity index (χ4v) is 3.91. The lowest BCUT2D eigenvalue weighted by Crippen LogP contribution is -2.21. The van der Waals surface area contributed by atoms with E-state index in [1.54, 1.807) is 6.20 Å². The van der Waals surface area contributed by atoms with Crippen molar-refractivity contribution in [3.8, 4) is 0 Å². The third kappa shape index (κ3) is 2.91. The van der Waals surface area contributed by atoms with Crippen LogP contribution in [-0.4, -0.2) is 26.5 Å². The van der Waals surface area contributed by atoms with Crippen LogP contribution in [0.25, 0.3) is 11.7 Å². The molecule has 4 rings (SSSR count). The molecule has 2 aromatic rings. The van der Waals surface area contributed by atoms with Gasteiger partial charge in [-0.2, -0.15) is 0 Å². The molecule has 2 fully saturated rings. The molecule has 0 bridgehead atoms. The molecule has 0 radical (unpaired) electrons. The van der Waals surface area contributed by atoms with Crippen LogP contribution in [0.5, 0.6) is 0 Å². The molecule has 1 N–H and O–H groups in total. The van der Waals surface area contributed by atoms with E-state index in [0.717, 1.165) is 29.4 Å². The van der Waals surface area contributed by atoms with E-state index in [4.69, 9.17) is 0 Å². The van der Waals surface area contributed by atoms with Crippen molar-refractivity contribution < 1.29 is 4.79 Å². The van der Waals surface area contributed by atoms with E-state index in [-0.39, 0.29) is 5.91 Å². The number of fused-ring (bicyclic) bond motifs is 1. The topological polar surface area (TPSA) is 58.8 Å². The van der Waals surface area contributed by atoms with Crippen molar-refractivity contribution in [1.29, 1.82) is 0 Å². The Morgan fingerprint density at radius 1 is 1.43 bits per heavy atom. The van der Waals surface area contributed by atoms with Crippen molar-refractivity contribution in [2.24, 2.45) is 4.99 Å². The molecule has 0 unspecified atom stereocenters.